The number of halogens is 1. The molecule has 66 valence electrons. The van der Waals surface area contributed by atoms with Gasteiger partial charge in [-0.3, -0.25) is 0 Å². The number of nitrogens with zero attached hydrogens (tertiary/aromatic N) is 1. The van der Waals surface area contributed by atoms with Gasteiger partial charge in [-0.2, -0.15) is 0 Å². The normalized spacial score (nSPS) is 24.2. The van der Waals surface area contributed by atoms with Crippen molar-refractivity contribution in [3.05, 3.63) is 16.6 Å². The molecule has 1 atom stereocenters. The van der Waals surface area contributed by atoms with Crippen LogP contribution in [0, 0.1) is 0 Å². The molecule has 1 aromatic heterocycles. The number of aromatic nitrogens is 2. The van der Waals surface area contributed by atoms with Crippen LogP contribution in [-0.4, -0.2) is 16.5 Å². The van der Waals surface area contributed by atoms with E-state index in [0.29, 0.717) is 6.04 Å². The molecule has 1 saturated heterocycles. The Hall–Kier alpha value is -0.350. The lowest BCUT2D eigenvalue weighted by Crippen LogP contribution is -2.27. The maximum absolute atomic E-state index is 4.27. The van der Waals surface area contributed by atoms with Crippen molar-refractivity contribution in [1.82, 2.24) is 15.3 Å². The summed E-state index contributed by atoms with van der Waals surface area (Å²) < 4.78 is 0.963. The molecule has 0 aromatic carbocycles. The molecule has 4 heteroatoms. The Morgan fingerprint density at radius 1 is 1.50 bits per heavy atom. The van der Waals surface area contributed by atoms with Crippen molar-refractivity contribution in [3.63, 3.8) is 0 Å². The lowest BCUT2D eigenvalue weighted by Gasteiger charge is -2.21. The summed E-state index contributed by atoms with van der Waals surface area (Å²) in [6, 6.07) is 0.435. The Morgan fingerprint density at radius 2 is 2.42 bits per heavy atom. The third-order valence-corrected chi connectivity index (χ3v) is 2.61. The number of rotatable bonds is 1. The van der Waals surface area contributed by atoms with Crippen LogP contribution in [0.5, 0.6) is 0 Å². The van der Waals surface area contributed by atoms with Crippen molar-refractivity contribution >= 4 is 15.9 Å². The number of nitrogens with one attached hydrogen (secondary N) is 2. The van der Waals surface area contributed by atoms with E-state index < -0.39 is 0 Å². The number of hydrogen-bond acceptors (Lipinski definition) is 2. The second-order valence-corrected chi connectivity index (χ2v) is 3.97. The van der Waals surface area contributed by atoms with E-state index in [9.17, 15) is 0 Å². The van der Waals surface area contributed by atoms with Crippen molar-refractivity contribution in [2.24, 2.45) is 0 Å². The zero-order valence-electron chi connectivity index (χ0n) is 6.81. The summed E-state index contributed by atoms with van der Waals surface area (Å²) in [5.41, 5.74) is 0. The number of H-pyrrole nitrogens is 1. The van der Waals surface area contributed by atoms with Crippen LogP contribution in [0.2, 0.25) is 0 Å². The lowest BCUT2D eigenvalue weighted by atomic mass is 10.0. The van der Waals surface area contributed by atoms with Crippen LogP contribution in [0.25, 0.3) is 0 Å². The summed E-state index contributed by atoms with van der Waals surface area (Å²) in [7, 11) is 0. The molecule has 2 heterocycles. The lowest BCUT2D eigenvalue weighted by molar-refractivity contribution is 0.399. The molecule has 1 unspecified atom stereocenters. The van der Waals surface area contributed by atoms with Crippen molar-refractivity contribution in [2.45, 2.75) is 25.3 Å². The average molecular weight is 230 g/mol. The topological polar surface area (TPSA) is 40.7 Å². The molecule has 2 N–H and O–H groups in total. The second kappa shape index (κ2) is 3.58. The van der Waals surface area contributed by atoms with E-state index in [4.69, 9.17) is 0 Å². The number of aromatic amines is 1. The quantitative estimate of drug-likeness (QED) is 0.774. The van der Waals surface area contributed by atoms with Crippen LogP contribution in [0.1, 0.15) is 31.1 Å². The first kappa shape index (κ1) is 8.26. The van der Waals surface area contributed by atoms with Crippen molar-refractivity contribution in [1.29, 1.82) is 0 Å². The molecule has 1 fully saturated rings. The highest BCUT2D eigenvalue weighted by Gasteiger charge is 2.16. The van der Waals surface area contributed by atoms with Gasteiger partial charge in [-0.25, -0.2) is 4.98 Å². The molecule has 0 amide bonds. The van der Waals surface area contributed by atoms with Gasteiger partial charge in [-0.1, -0.05) is 6.42 Å². The SMILES string of the molecule is Brc1cnc(C2CCCCN2)[nH]1. The predicted molar refractivity (Wildman–Crippen MR) is 50.9 cm³/mol. The zero-order valence-corrected chi connectivity index (χ0v) is 8.39. The first-order valence-corrected chi connectivity index (χ1v) is 5.09. The summed E-state index contributed by atoms with van der Waals surface area (Å²) in [5, 5.41) is 3.43. The summed E-state index contributed by atoms with van der Waals surface area (Å²) in [6.07, 6.45) is 5.60. The van der Waals surface area contributed by atoms with Gasteiger partial charge in [-0.05, 0) is 35.3 Å². The maximum Gasteiger partial charge on any atom is 0.124 e. The Kier molecular flexibility index (Phi) is 2.46. The number of imidazole rings is 1. The molecule has 1 aromatic rings. The van der Waals surface area contributed by atoms with Gasteiger partial charge in [-0.15, -0.1) is 0 Å². The summed E-state index contributed by atoms with van der Waals surface area (Å²) >= 11 is 3.35. The number of piperidine rings is 1. The van der Waals surface area contributed by atoms with E-state index in [-0.39, 0.29) is 0 Å². The van der Waals surface area contributed by atoms with Crippen molar-refractivity contribution in [2.75, 3.05) is 6.54 Å². The highest BCUT2D eigenvalue weighted by atomic mass is 79.9. The van der Waals surface area contributed by atoms with E-state index in [0.717, 1.165) is 17.0 Å². The molecule has 12 heavy (non-hydrogen) atoms. The minimum Gasteiger partial charge on any atom is -0.335 e. The van der Waals surface area contributed by atoms with E-state index in [1.165, 1.54) is 19.3 Å². The van der Waals surface area contributed by atoms with Crippen molar-refractivity contribution in [3.8, 4) is 0 Å². The zero-order chi connectivity index (χ0) is 8.39. The Balaban J connectivity index is 2.08. The summed E-state index contributed by atoms with van der Waals surface area (Å²) in [6.45, 7) is 1.11. The van der Waals surface area contributed by atoms with Crippen LogP contribution in [-0.2, 0) is 0 Å². The van der Waals surface area contributed by atoms with Gasteiger partial charge in [0, 0.05) is 0 Å². The van der Waals surface area contributed by atoms with Crippen LogP contribution < -0.4 is 5.32 Å². The average Bonchev–Trinajstić information content (AvgIpc) is 2.54. The Bertz CT molecular complexity index is 253. The Morgan fingerprint density at radius 3 is 3.00 bits per heavy atom. The van der Waals surface area contributed by atoms with E-state index >= 15 is 0 Å². The van der Waals surface area contributed by atoms with Crippen molar-refractivity contribution < 1.29 is 0 Å². The highest BCUT2D eigenvalue weighted by molar-refractivity contribution is 9.10. The largest absolute Gasteiger partial charge is 0.335 e. The smallest absolute Gasteiger partial charge is 0.124 e. The van der Waals surface area contributed by atoms with Gasteiger partial charge >= 0.3 is 0 Å². The molecule has 0 radical (unpaired) electrons. The van der Waals surface area contributed by atoms with Crippen LogP contribution in [0.3, 0.4) is 0 Å². The first-order chi connectivity index (χ1) is 5.86. The molecule has 0 spiro atoms. The summed E-state index contributed by atoms with van der Waals surface area (Å²) in [4.78, 5) is 7.46. The standard InChI is InChI=1S/C8H12BrN3/c9-7-5-11-8(12-7)6-3-1-2-4-10-6/h5-6,10H,1-4H2,(H,11,12). The minimum absolute atomic E-state index is 0.435. The molecule has 1 aliphatic heterocycles. The van der Waals surface area contributed by atoms with Gasteiger partial charge in [0.2, 0.25) is 0 Å². The van der Waals surface area contributed by atoms with Gasteiger partial charge in [0.05, 0.1) is 12.2 Å². The monoisotopic (exact) mass is 229 g/mol. The fourth-order valence-corrected chi connectivity index (χ4v) is 1.88. The number of hydrogen-bond donors (Lipinski definition) is 2. The molecule has 2 rings (SSSR count). The molecule has 0 aliphatic carbocycles. The molecular weight excluding hydrogens is 218 g/mol. The fraction of sp³-hybridized carbons (Fsp3) is 0.625. The van der Waals surface area contributed by atoms with Crippen LogP contribution in [0.4, 0.5) is 0 Å². The van der Waals surface area contributed by atoms with Gasteiger partial charge in [0.15, 0.2) is 0 Å². The third-order valence-electron chi connectivity index (χ3n) is 2.20. The predicted octanol–water partition coefficient (Wildman–Crippen LogP) is 1.99. The van der Waals surface area contributed by atoms with Gasteiger partial charge in [0.25, 0.3) is 0 Å². The van der Waals surface area contributed by atoms with E-state index in [1.807, 2.05) is 6.20 Å². The fourth-order valence-electron chi connectivity index (χ4n) is 1.58. The van der Waals surface area contributed by atoms with Gasteiger partial charge in [0.1, 0.15) is 10.4 Å². The van der Waals surface area contributed by atoms with Gasteiger partial charge < -0.3 is 10.3 Å². The molecule has 1 aliphatic rings. The highest BCUT2D eigenvalue weighted by Crippen LogP contribution is 2.21. The molecular formula is C8H12BrN3. The van der Waals surface area contributed by atoms with E-state index in [2.05, 4.69) is 31.2 Å². The Labute approximate surface area is 80.1 Å². The minimum atomic E-state index is 0.435. The second-order valence-electron chi connectivity index (χ2n) is 3.12. The summed E-state index contributed by atoms with van der Waals surface area (Å²) in [5.74, 6) is 1.06. The molecule has 0 saturated carbocycles. The maximum atomic E-state index is 4.27. The van der Waals surface area contributed by atoms with Crippen LogP contribution in [0.15, 0.2) is 10.8 Å². The third kappa shape index (κ3) is 1.69. The van der Waals surface area contributed by atoms with E-state index in [1.54, 1.807) is 0 Å². The molecule has 3 nitrogen and oxygen atoms in total. The molecule has 0 bridgehead atoms. The first-order valence-electron chi connectivity index (χ1n) is 4.30. The van der Waals surface area contributed by atoms with Crippen LogP contribution >= 0.6 is 15.9 Å².